The van der Waals surface area contributed by atoms with E-state index in [0.717, 1.165) is 15.6 Å². The SMILES string of the molecule is COc1ccccc1Oc1ccc(NC(=O)CCC(=O)OCC(=O)Nc2ccc(Br)c(C)c2C)cc1. The molecular formula is C27H27BrN2O6. The Bertz CT molecular complexity index is 1240. The minimum absolute atomic E-state index is 0.0784. The molecular weight excluding hydrogens is 528 g/mol. The van der Waals surface area contributed by atoms with Gasteiger partial charge in [-0.25, -0.2) is 0 Å². The number of rotatable bonds is 10. The molecule has 0 aliphatic carbocycles. The highest BCUT2D eigenvalue weighted by atomic mass is 79.9. The molecule has 0 spiro atoms. The molecule has 0 unspecified atom stereocenters. The average molecular weight is 555 g/mol. The van der Waals surface area contributed by atoms with E-state index in [2.05, 4.69) is 26.6 Å². The van der Waals surface area contributed by atoms with Crippen molar-refractivity contribution in [3.63, 3.8) is 0 Å². The minimum atomic E-state index is -0.635. The summed E-state index contributed by atoms with van der Waals surface area (Å²) >= 11 is 3.44. The first kappa shape index (κ1) is 26.7. The van der Waals surface area contributed by atoms with Crippen LogP contribution in [0.1, 0.15) is 24.0 Å². The van der Waals surface area contributed by atoms with E-state index < -0.39 is 18.5 Å². The number of carbonyl (C=O) groups excluding carboxylic acids is 3. The van der Waals surface area contributed by atoms with Crippen molar-refractivity contribution >= 4 is 45.1 Å². The van der Waals surface area contributed by atoms with E-state index in [1.807, 2.05) is 32.0 Å². The van der Waals surface area contributed by atoms with Crippen molar-refractivity contribution in [3.05, 3.63) is 76.3 Å². The fourth-order valence-electron chi connectivity index (χ4n) is 3.20. The van der Waals surface area contributed by atoms with E-state index >= 15 is 0 Å². The zero-order valence-electron chi connectivity index (χ0n) is 20.2. The van der Waals surface area contributed by atoms with Gasteiger partial charge in [-0.3, -0.25) is 14.4 Å². The summed E-state index contributed by atoms with van der Waals surface area (Å²) in [5.41, 5.74) is 3.13. The van der Waals surface area contributed by atoms with Crippen LogP contribution in [-0.4, -0.2) is 31.5 Å². The first-order valence-corrected chi connectivity index (χ1v) is 12.0. The largest absolute Gasteiger partial charge is 0.493 e. The summed E-state index contributed by atoms with van der Waals surface area (Å²) in [6.45, 7) is 3.40. The molecule has 0 aliphatic rings. The zero-order valence-corrected chi connectivity index (χ0v) is 21.8. The number of halogens is 1. The van der Waals surface area contributed by atoms with Gasteiger partial charge in [-0.2, -0.15) is 0 Å². The van der Waals surface area contributed by atoms with Crippen molar-refractivity contribution < 1.29 is 28.6 Å². The number of hydrogen-bond donors (Lipinski definition) is 2. The summed E-state index contributed by atoms with van der Waals surface area (Å²) in [5, 5.41) is 5.44. The molecule has 2 amide bonds. The van der Waals surface area contributed by atoms with Crippen LogP contribution < -0.4 is 20.1 Å². The monoisotopic (exact) mass is 554 g/mol. The van der Waals surface area contributed by atoms with Gasteiger partial charge in [0, 0.05) is 22.3 Å². The molecule has 0 bridgehead atoms. The maximum absolute atomic E-state index is 12.2. The summed E-state index contributed by atoms with van der Waals surface area (Å²) in [6, 6.07) is 17.7. The molecule has 3 rings (SSSR count). The van der Waals surface area contributed by atoms with Gasteiger partial charge in [0.05, 0.1) is 13.5 Å². The van der Waals surface area contributed by atoms with E-state index in [9.17, 15) is 14.4 Å². The van der Waals surface area contributed by atoms with Gasteiger partial charge in [-0.1, -0.05) is 28.1 Å². The summed E-state index contributed by atoms with van der Waals surface area (Å²) in [7, 11) is 1.57. The molecule has 0 aromatic heterocycles. The highest BCUT2D eigenvalue weighted by Gasteiger charge is 2.13. The summed E-state index contributed by atoms with van der Waals surface area (Å²) in [6.07, 6.45) is -0.227. The molecule has 0 saturated heterocycles. The van der Waals surface area contributed by atoms with Crippen molar-refractivity contribution in [2.24, 2.45) is 0 Å². The molecule has 36 heavy (non-hydrogen) atoms. The molecule has 3 aromatic carbocycles. The molecule has 0 fully saturated rings. The Morgan fingerprint density at radius 3 is 2.19 bits per heavy atom. The topological polar surface area (TPSA) is 103 Å². The lowest BCUT2D eigenvalue weighted by Crippen LogP contribution is -2.22. The highest BCUT2D eigenvalue weighted by molar-refractivity contribution is 9.10. The lowest BCUT2D eigenvalue weighted by Gasteiger charge is -2.12. The number of anilines is 2. The molecule has 2 N–H and O–H groups in total. The molecule has 8 nitrogen and oxygen atoms in total. The first-order chi connectivity index (χ1) is 17.3. The van der Waals surface area contributed by atoms with Crippen LogP contribution in [0.5, 0.6) is 17.2 Å². The van der Waals surface area contributed by atoms with Crippen molar-refractivity contribution in [1.82, 2.24) is 0 Å². The number of amides is 2. The van der Waals surface area contributed by atoms with Crippen molar-refractivity contribution in [2.75, 3.05) is 24.4 Å². The van der Waals surface area contributed by atoms with Crippen LogP contribution in [0.4, 0.5) is 11.4 Å². The molecule has 3 aromatic rings. The van der Waals surface area contributed by atoms with Crippen LogP contribution in [-0.2, 0) is 19.1 Å². The third kappa shape index (κ3) is 7.58. The van der Waals surface area contributed by atoms with E-state index in [4.69, 9.17) is 14.2 Å². The number of methoxy groups -OCH3 is 1. The van der Waals surface area contributed by atoms with Gasteiger partial charge >= 0.3 is 5.97 Å². The van der Waals surface area contributed by atoms with Crippen LogP contribution >= 0.6 is 15.9 Å². The Balaban J connectivity index is 1.40. The zero-order chi connectivity index (χ0) is 26.1. The molecule has 188 valence electrons. The third-order valence-corrected chi connectivity index (χ3v) is 6.21. The standard InChI is InChI=1S/C27H27BrN2O6/c1-17-18(2)22(13-12-21(17)28)30-26(32)16-35-27(33)15-14-25(31)29-19-8-10-20(11-9-19)36-24-7-5-4-6-23(24)34-3/h4-13H,14-16H2,1-3H3,(H,29,31)(H,30,32). The third-order valence-electron chi connectivity index (χ3n) is 5.35. The Labute approximate surface area is 218 Å². The Kier molecular flexibility index (Phi) is 9.46. The number of esters is 1. The Morgan fingerprint density at radius 1 is 0.806 bits per heavy atom. The quantitative estimate of drug-likeness (QED) is 0.308. The predicted octanol–water partition coefficient (Wildman–Crippen LogP) is 5.77. The number of ether oxygens (including phenoxy) is 3. The molecule has 0 aliphatic heterocycles. The molecule has 0 radical (unpaired) electrons. The Morgan fingerprint density at radius 2 is 1.50 bits per heavy atom. The van der Waals surface area contributed by atoms with E-state index in [1.165, 1.54) is 0 Å². The van der Waals surface area contributed by atoms with Gasteiger partial charge in [-0.15, -0.1) is 0 Å². The maximum Gasteiger partial charge on any atom is 0.306 e. The van der Waals surface area contributed by atoms with Crippen molar-refractivity contribution in [1.29, 1.82) is 0 Å². The maximum atomic E-state index is 12.2. The lowest BCUT2D eigenvalue weighted by molar-refractivity contribution is -0.147. The van der Waals surface area contributed by atoms with Gasteiger partial charge in [0.2, 0.25) is 5.91 Å². The second kappa shape index (κ2) is 12.7. The number of para-hydroxylation sites is 2. The first-order valence-electron chi connectivity index (χ1n) is 11.2. The van der Waals surface area contributed by atoms with Crippen LogP contribution in [0.2, 0.25) is 0 Å². The van der Waals surface area contributed by atoms with Gasteiger partial charge in [0.25, 0.3) is 5.91 Å². The van der Waals surface area contributed by atoms with Crippen molar-refractivity contribution in [2.45, 2.75) is 26.7 Å². The molecule has 9 heteroatoms. The normalized spacial score (nSPS) is 10.3. The summed E-state index contributed by atoms with van der Waals surface area (Å²) < 4.78 is 17.0. The smallest absolute Gasteiger partial charge is 0.306 e. The van der Waals surface area contributed by atoms with Crippen LogP contribution in [0, 0.1) is 13.8 Å². The number of hydrogen-bond acceptors (Lipinski definition) is 6. The second-order valence-electron chi connectivity index (χ2n) is 7.88. The summed E-state index contributed by atoms with van der Waals surface area (Å²) in [4.78, 5) is 36.3. The Hall–Kier alpha value is -3.85. The van der Waals surface area contributed by atoms with Crippen LogP contribution in [0.15, 0.2) is 65.1 Å². The highest BCUT2D eigenvalue weighted by Crippen LogP contribution is 2.31. The van der Waals surface area contributed by atoms with Gasteiger partial charge in [-0.05, 0) is 73.5 Å². The second-order valence-corrected chi connectivity index (χ2v) is 8.73. The number of nitrogens with one attached hydrogen (secondary N) is 2. The molecule has 0 saturated carbocycles. The van der Waals surface area contributed by atoms with Crippen LogP contribution in [0.25, 0.3) is 0 Å². The molecule has 0 atom stereocenters. The number of carbonyl (C=O) groups is 3. The van der Waals surface area contributed by atoms with E-state index in [0.29, 0.717) is 28.6 Å². The number of benzene rings is 3. The lowest BCUT2D eigenvalue weighted by atomic mass is 10.1. The van der Waals surface area contributed by atoms with Crippen LogP contribution in [0.3, 0.4) is 0 Å². The fourth-order valence-corrected chi connectivity index (χ4v) is 3.63. The average Bonchev–Trinajstić information content (AvgIpc) is 2.88. The summed E-state index contributed by atoms with van der Waals surface area (Å²) in [5.74, 6) is 0.324. The van der Waals surface area contributed by atoms with Gasteiger partial charge < -0.3 is 24.8 Å². The van der Waals surface area contributed by atoms with Gasteiger partial charge in [0.1, 0.15) is 5.75 Å². The van der Waals surface area contributed by atoms with Gasteiger partial charge in [0.15, 0.2) is 18.1 Å². The fraction of sp³-hybridized carbons (Fsp3) is 0.222. The van der Waals surface area contributed by atoms with E-state index in [-0.39, 0.29) is 18.7 Å². The van der Waals surface area contributed by atoms with Crippen molar-refractivity contribution in [3.8, 4) is 17.2 Å². The minimum Gasteiger partial charge on any atom is -0.493 e. The predicted molar refractivity (Wildman–Crippen MR) is 141 cm³/mol. The van der Waals surface area contributed by atoms with E-state index in [1.54, 1.807) is 49.6 Å². The molecule has 0 heterocycles.